The van der Waals surface area contributed by atoms with Crippen LogP contribution in [0.1, 0.15) is 21.4 Å². The molecule has 0 bridgehead atoms. The van der Waals surface area contributed by atoms with Gasteiger partial charge in [0.25, 0.3) is 0 Å². The van der Waals surface area contributed by atoms with E-state index in [0.29, 0.717) is 10.7 Å². The zero-order chi connectivity index (χ0) is 10.8. The molecule has 0 saturated carbocycles. The number of amidine groups is 1. The fraction of sp³-hybridized carbons (Fsp3) is 0.200. The average Bonchev–Trinajstić information content (AvgIpc) is 2.57. The number of carbonyl (C=O) groups is 1. The summed E-state index contributed by atoms with van der Waals surface area (Å²) in [5.41, 5.74) is 6.80. The number of ether oxygens (including phenoxy) is 1. The molecule has 1 heterocycles. The highest BCUT2D eigenvalue weighted by molar-refractivity contribution is 8.13. The van der Waals surface area contributed by atoms with Crippen molar-refractivity contribution in [2.24, 2.45) is 5.73 Å². The lowest BCUT2D eigenvalue weighted by molar-refractivity contribution is -0.417. The first-order valence-corrected chi connectivity index (χ1v) is 5.37. The average molecular weight is 223 g/mol. The molecule has 3 N–H and O–H groups in total. The number of hydrogen-bond acceptors (Lipinski definition) is 3. The molecule has 0 amide bonds. The maximum Gasteiger partial charge on any atom is 0.340 e. The van der Waals surface area contributed by atoms with E-state index < -0.39 is 0 Å². The Kier molecular flexibility index (Phi) is 2.64. The number of benzene rings is 1. The number of nitrogens with two attached hydrogens (primary N) is 1. The molecule has 78 valence electrons. The van der Waals surface area contributed by atoms with E-state index >= 15 is 0 Å². The predicted molar refractivity (Wildman–Crippen MR) is 58.3 cm³/mol. The molecule has 15 heavy (non-hydrogen) atoms. The van der Waals surface area contributed by atoms with Crippen LogP contribution in [0, 0.1) is 0 Å². The molecule has 4 nitrogen and oxygen atoms in total. The van der Waals surface area contributed by atoms with Crippen LogP contribution in [-0.2, 0) is 4.74 Å². The van der Waals surface area contributed by atoms with Gasteiger partial charge < -0.3 is 4.74 Å². The highest BCUT2D eigenvalue weighted by atomic mass is 32.2. The Bertz CT molecular complexity index is 431. The lowest BCUT2D eigenvalue weighted by Crippen LogP contribution is -2.69. The highest BCUT2D eigenvalue weighted by Gasteiger charge is 2.32. The fourth-order valence-corrected chi connectivity index (χ4v) is 2.19. The van der Waals surface area contributed by atoms with Gasteiger partial charge in [0.2, 0.25) is 0 Å². The molecule has 1 unspecified atom stereocenters. The summed E-state index contributed by atoms with van der Waals surface area (Å²) in [6, 6.07) is 7.33. The molecule has 0 fully saturated rings. The number of nitrogens with one attached hydrogen (secondary N) is 1. The minimum Gasteiger partial charge on any atom is -0.442 e. The van der Waals surface area contributed by atoms with E-state index in [-0.39, 0.29) is 11.4 Å². The van der Waals surface area contributed by atoms with Gasteiger partial charge in [0.1, 0.15) is 0 Å². The second-order valence-corrected chi connectivity index (χ2v) is 4.16. The Morgan fingerprint density at radius 1 is 1.53 bits per heavy atom. The molecule has 5 heteroatoms. The zero-order valence-electron chi connectivity index (χ0n) is 8.19. The van der Waals surface area contributed by atoms with E-state index in [1.54, 1.807) is 13.1 Å². The van der Waals surface area contributed by atoms with Crippen molar-refractivity contribution in [3.63, 3.8) is 0 Å². The van der Waals surface area contributed by atoms with Gasteiger partial charge in [-0.2, -0.15) is 0 Å². The third kappa shape index (κ3) is 1.83. The van der Waals surface area contributed by atoms with Gasteiger partial charge in [0.15, 0.2) is 5.44 Å². The number of esters is 1. The van der Waals surface area contributed by atoms with Crippen LogP contribution in [0.5, 0.6) is 0 Å². The van der Waals surface area contributed by atoms with Gasteiger partial charge in [-0.25, -0.2) is 4.79 Å². The molecule has 0 aliphatic carbocycles. The number of fused-ring (bicyclic) bond motifs is 1. The lowest BCUT2D eigenvalue weighted by atomic mass is 10.1. The van der Waals surface area contributed by atoms with Crippen molar-refractivity contribution in [2.45, 2.75) is 5.44 Å². The van der Waals surface area contributed by atoms with Crippen LogP contribution < -0.4 is 10.7 Å². The third-order valence-corrected chi connectivity index (χ3v) is 3.15. The summed E-state index contributed by atoms with van der Waals surface area (Å²) in [5, 5.41) is 0.532. The van der Waals surface area contributed by atoms with Crippen LogP contribution in [0.25, 0.3) is 0 Å². The summed E-state index contributed by atoms with van der Waals surface area (Å²) in [5.74, 6) is -0.285. The molecule has 0 saturated heterocycles. The minimum absolute atomic E-state index is 0.285. The number of thioether (sulfide) groups is 1. The van der Waals surface area contributed by atoms with Crippen molar-refractivity contribution in [1.82, 2.24) is 0 Å². The molecule has 1 aliphatic rings. The second kappa shape index (κ2) is 3.94. The number of cyclic esters (lactones) is 1. The van der Waals surface area contributed by atoms with Gasteiger partial charge in [0.05, 0.1) is 12.6 Å². The van der Waals surface area contributed by atoms with Gasteiger partial charge in [-0.15, -0.1) is 0 Å². The predicted octanol–water partition coefficient (Wildman–Crippen LogP) is -0.386. The molecule has 1 aromatic carbocycles. The number of carbonyl (C=O) groups excluding carboxylic acids is 1. The van der Waals surface area contributed by atoms with Crippen molar-refractivity contribution < 1.29 is 14.5 Å². The summed E-state index contributed by atoms with van der Waals surface area (Å²) in [7, 11) is 1.73. The van der Waals surface area contributed by atoms with Crippen molar-refractivity contribution in [1.29, 1.82) is 0 Å². The Morgan fingerprint density at radius 3 is 3.00 bits per heavy atom. The number of hydrogen-bond donors (Lipinski definition) is 2. The first kappa shape index (κ1) is 10.0. The lowest BCUT2D eigenvalue weighted by Gasteiger charge is -2.05. The first-order chi connectivity index (χ1) is 7.22. The maximum atomic E-state index is 11.4. The van der Waals surface area contributed by atoms with Gasteiger partial charge in [-0.05, 0) is 6.07 Å². The summed E-state index contributed by atoms with van der Waals surface area (Å²) in [6.07, 6.45) is 0. The van der Waals surface area contributed by atoms with Crippen molar-refractivity contribution in [3.8, 4) is 0 Å². The highest BCUT2D eigenvalue weighted by Crippen LogP contribution is 2.37. The fourth-order valence-electron chi connectivity index (χ4n) is 1.37. The SMILES string of the molecule is C[NH+]=C(N)SC1OC(=O)c2ccccc21. The van der Waals surface area contributed by atoms with Crippen LogP contribution in [0.2, 0.25) is 0 Å². The van der Waals surface area contributed by atoms with Gasteiger partial charge in [-0.1, -0.05) is 18.2 Å². The molecule has 0 aromatic heterocycles. The quantitative estimate of drug-likeness (QED) is 0.387. The van der Waals surface area contributed by atoms with Crippen LogP contribution in [0.3, 0.4) is 0 Å². The first-order valence-electron chi connectivity index (χ1n) is 4.49. The largest absolute Gasteiger partial charge is 0.442 e. The van der Waals surface area contributed by atoms with Crippen LogP contribution in [-0.4, -0.2) is 18.2 Å². The second-order valence-electron chi connectivity index (χ2n) is 3.06. The van der Waals surface area contributed by atoms with Crippen LogP contribution >= 0.6 is 11.8 Å². The molecule has 1 atom stereocenters. The van der Waals surface area contributed by atoms with E-state index in [9.17, 15) is 4.79 Å². The van der Waals surface area contributed by atoms with Crippen LogP contribution in [0.15, 0.2) is 24.3 Å². The Morgan fingerprint density at radius 2 is 2.27 bits per heavy atom. The van der Waals surface area contributed by atoms with E-state index in [1.165, 1.54) is 11.8 Å². The Hall–Kier alpha value is -1.49. The molecule has 1 aliphatic heterocycles. The van der Waals surface area contributed by atoms with E-state index in [1.807, 2.05) is 18.2 Å². The van der Waals surface area contributed by atoms with Crippen molar-refractivity contribution in [3.05, 3.63) is 35.4 Å². The Labute approximate surface area is 91.5 Å². The summed E-state index contributed by atoms with van der Waals surface area (Å²) < 4.78 is 5.19. The van der Waals surface area contributed by atoms with Gasteiger partial charge >= 0.3 is 11.1 Å². The normalized spacial score (nSPS) is 19.9. The molecule has 2 rings (SSSR count). The minimum atomic E-state index is -0.332. The molecule has 1 aromatic rings. The van der Waals surface area contributed by atoms with E-state index in [0.717, 1.165) is 5.56 Å². The smallest absolute Gasteiger partial charge is 0.340 e. The number of rotatable bonds is 1. The van der Waals surface area contributed by atoms with Gasteiger partial charge in [-0.3, -0.25) is 10.7 Å². The third-order valence-electron chi connectivity index (χ3n) is 2.13. The molecular weight excluding hydrogens is 212 g/mol. The molecular formula is C10H11N2O2S+. The summed E-state index contributed by atoms with van der Waals surface area (Å²) in [4.78, 5) is 14.2. The summed E-state index contributed by atoms with van der Waals surface area (Å²) >= 11 is 1.29. The Balaban J connectivity index is 2.29. The zero-order valence-corrected chi connectivity index (χ0v) is 9.01. The monoisotopic (exact) mass is 223 g/mol. The maximum absolute atomic E-state index is 11.4. The topological polar surface area (TPSA) is 66.3 Å². The van der Waals surface area contributed by atoms with E-state index in [2.05, 4.69) is 4.99 Å². The molecule has 0 spiro atoms. The van der Waals surface area contributed by atoms with Gasteiger partial charge in [0, 0.05) is 17.3 Å². The van der Waals surface area contributed by atoms with Crippen LogP contribution in [0.4, 0.5) is 0 Å². The van der Waals surface area contributed by atoms with Crippen molar-refractivity contribution in [2.75, 3.05) is 7.05 Å². The summed E-state index contributed by atoms with van der Waals surface area (Å²) in [6.45, 7) is 0. The van der Waals surface area contributed by atoms with E-state index in [4.69, 9.17) is 10.5 Å². The molecule has 0 radical (unpaired) electrons. The van der Waals surface area contributed by atoms with Crippen molar-refractivity contribution >= 4 is 22.9 Å². The standard InChI is InChI=1S/C10H10N2O2S/c1-12-10(11)15-9-7-5-3-2-4-6(7)8(13)14-9/h2-5,9H,1H3,(H2,11,12)/p+1.